The first-order valence-corrected chi connectivity index (χ1v) is 7.21. The number of hydrogen-bond acceptors (Lipinski definition) is 2. The first kappa shape index (κ1) is 15.8. The van der Waals surface area contributed by atoms with Crippen molar-refractivity contribution in [2.75, 3.05) is 19.6 Å². The van der Waals surface area contributed by atoms with Crippen molar-refractivity contribution in [2.24, 2.45) is 5.41 Å². The molecule has 1 rings (SSSR count). The molecule has 0 bridgehead atoms. The zero-order valence-corrected chi connectivity index (χ0v) is 12.1. The van der Waals surface area contributed by atoms with E-state index in [1.54, 1.807) is 4.90 Å². The number of carbonyl (C=O) groups is 2. The summed E-state index contributed by atoms with van der Waals surface area (Å²) >= 11 is 0. The number of amides is 2. The minimum Gasteiger partial charge on any atom is -0.481 e. The van der Waals surface area contributed by atoms with E-state index in [-0.39, 0.29) is 24.4 Å². The summed E-state index contributed by atoms with van der Waals surface area (Å²) in [6, 6.07) is -0.143. The zero-order valence-electron chi connectivity index (χ0n) is 12.1. The van der Waals surface area contributed by atoms with E-state index in [9.17, 15) is 9.59 Å². The Labute approximate surface area is 115 Å². The van der Waals surface area contributed by atoms with E-state index >= 15 is 0 Å². The molecule has 0 aliphatic heterocycles. The van der Waals surface area contributed by atoms with Crippen LogP contribution in [-0.2, 0) is 4.79 Å². The molecule has 0 saturated heterocycles. The van der Waals surface area contributed by atoms with E-state index < -0.39 is 5.97 Å². The van der Waals surface area contributed by atoms with Crippen LogP contribution in [0.1, 0.15) is 52.4 Å². The third kappa shape index (κ3) is 5.49. The van der Waals surface area contributed by atoms with Gasteiger partial charge in [-0.25, -0.2) is 4.79 Å². The highest BCUT2D eigenvalue weighted by molar-refractivity contribution is 5.75. The number of carboxylic acid groups (broad SMARTS) is 1. The van der Waals surface area contributed by atoms with Gasteiger partial charge in [-0.2, -0.15) is 0 Å². The Kier molecular flexibility index (Phi) is 6.12. The van der Waals surface area contributed by atoms with Gasteiger partial charge in [0.15, 0.2) is 0 Å². The predicted molar refractivity (Wildman–Crippen MR) is 74.1 cm³/mol. The molecule has 110 valence electrons. The maximum atomic E-state index is 12.0. The number of nitrogens with zero attached hydrogens (tertiary/aromatic N) is 1. The van der Waals surface area contributed by atoms with E-state index in [1.807, 2.05) is 6.92 Å². The van der Waals surface area contributed by atoms with Crippen LogP contribution >= 0.6 is 0 Å². The lowest BCUT2D eigenvalue weighted by Crippen LogP contribution is -2.45. The Morgan fingerprint density at radius 1 is 1.26 bits per heavy atom. The Bertz CT molecular complexity index is 312. The SMILES string of the molecule is CCN(CCC(=O)O)C(=O)NCC1(C)CCCCC1. The van der Waals surface area contributed by atoms with Crippen LogP contribution in [0.4, 0.5) is 4.79 Å². The van der Waals surface area contributed by atoms with Gasteiger partial charge in [-0.3, -0.25) is 4.79 Å². The first-order chi connectivity index (χ1) is 8.97. The summed E-state index contributed by atoms with van der Waals surface area (Å²) in [5, 5.41) is 11.6. The molecule has 0 spiro atoms. The van der Waals surface area contributed by atoms with Gasteiger partial charge >= 0.3 is 12.0 Å². The Balaban J connectivity index is 2.37. The minimum absolute atomic E-state index is 0.00146. The van der Waals surface area contributed by atoms with Gasteiger partial charge in [0.05, 0.1) is 6.42 Å². The molecule has 5 heteroatoms. The van der Waals surface area contributed by atoms with E-state index in [0.717, 1.165) is 12.8 Å². The summed E-state index contributed by atoms with van der Waals surface area (Å²) in [6.07, 6.45) is 6.09. The zero-order chi connectivity index (χ0) is 14.3. The summed E-state index contributed by atoms with van der Waals surface area (Å²) < 4.78 is 0. The Hall–Kier alpha value is -1.26. The molecule has 0 unspecified atom stereocenters. The second-order valence-electron chi connectivity index (χ2n) is 5.75. The average Bonchev–Trinajstić information content (AvgIpc) is 2.38. The van der Waals surface area contributed by atoms with Crippen LogP contribution < -0.4 is 5.32 Å². The van der Waals surface area contributed by atoms with Gasteiger partial charge in [0.1, 0.15) is 0 Å². The monoisotopic (exact) mass is 270 g/mol. The van der Waals surface area contributed by atoms with E-state index in [1.165, 1.54) is 19.3 Å². The van der Waals surface area contributed by atoms with Crippen molar-refractivity contribution in [3.05, 3.63) is 0 Å². The number of nitrogens with one attached hydrogen (secondary N) is 1. The lowest BCUT2D eigenvalue weighted by molar-refractivity contribution is -0.137. The number of carboxylic acids is 1. The lowest BCUT2D eigenvalue weighted by atomic mass is 9.76. The molecule has 0 aromatic carbocycles. The number of hydrogen-bond donors (Lipinski definition) is 2. The maximum absolute atomic E-state index is 12.0. The highest BCUT2D eigenvalue weighted by Crippen LogP contribution is 2.34. The van der Waals surface area contributed by atoms with Gasteiger partial charge in [0.25, 0.3) is 0 Å². The number of rotatable bonds is 6. The molecular formula is C14H26N2O3. The van der Waals surface area contributed by atoms with Gasteiger partial charge in [-0.1, -0.05) is 26.2 Å². The van der Waals surface area contributed by atoms with Gasteiger partial charge in [-0.15, -0.1) is 0 Å². The molecule has 2 N–H and O–H groups in total. The lowest BCUT2D eigenvalue weighted by Gasteiger charge is -2.34. The standard InChI is InChI=1S/C14H26N2O3/c1-3-16(10-7-12(17)18)13(19)15-11-14(2)8-5-4-6-9-14/h3-11H2,1-2H3,(H,15,19)(H,17,18). The molecule has 0 atom stereocenters. The van der Waals surface area contributed by atoms with Gasteiger partial charge in [0.2, 0.25) is 0 Å². The van der Waals surface area contributed by atoms with Crippen LogP contribution in [0, 0.1) is 5.41 Å². The van der Waals surface area contributed by atoms with Crippen LogP contribution in [0.25, 0.3) is 0 Å². The summed E-state index contributed by atoms with van der Waals surface area (Å²) in [6.45, 7) is 5.59. The summed E-state index contributed by atoms with van der Waals surface area (Å²) in [7, 11) is 0. The largest absolute Gasteiger partial charge is 0.481 e. The van der Waals surface area contributed by atoms with Crippen LogP contribution in [0.15, 0.2) is 0 Å². The summed E-state index contributed by atoms with van der Waals surface area (Å²) in [5.74, 6) is -0.870. The highest BCUT2D eigenvalue weighted by atomic mass is 16.4. The van der Waals surface area contributed by atoms with Gasteiger partial charge in [0, 0.05) is 19.6 Å². The molecule has 1 aliphatic rings. The Morgan fingerprint density at radius 2 is 1.89 bits per heavy atom. The second kappa shape index (κ2) is 7.36. The third-order valence-corrected chi connectivity index (χ3v) is 3.99. The summed E-state index contributed by atoms with van der Waals surface area (Å²) in [5.41, 5.74) is 0.208. The van der Waals surface area contributed by atoms with Crippen molar-refractivity contribution in [2.45, 2.75) is 52.4 Å². The molecule has 1 aliphatic carbocycles. The van der Waals surface area contributed by atoms with E-state index in [2.05, 4.69) is 12.2 Å². The third-order valence-electron chi connectivity index (χ3n) is 3.99. The molecular weight excluding hydrogens is 244 g/mol. The molecule has 5 nitrogen and oxygen atoms in total. The molecule has 1 fully saturated rings. The quantitative estimate of drug-likeness (QED) is 0.779. The first-order valence-electron chi connectivity index (χ1n) is 7.21. The van der Waals surface area contributed by atoms with Crippen molar-refractivity contribution in [3.63, 3.8) is 0 Å². The van der Waals surface area contributed by atoms with Crippen LogP contribution in [-0.4, -0.2) is 41.6 Å². The smallest absolute Gasteiger partial charge is 0.317 e. The van der Waals surface area contributed by atoms with Crippen molar-refractivity contribution in [1.29, 1.82) is 0 Å². The number of aliphatic carboxylic acids is 1. The molecule has 0 heterocycles. The van der Waals surface area contributed by atoms with Gasteiger partial charge < -0.3 is 15.3 Å². The molecule has 19 heavy (non-hydrogen) atoms. The molecule has 2 amide bonds. The molecule has 0 aromatic rings. The van der Waals surface area contributed by atoms with Crippen LogP contribution in [0.2, 0.25) is 0 Å². The fourth-order valence-electron chi connectivity index (χ4n) is 2.62. The predicted octanol–water partition coefficient (Wildman–Crippen LogP) is 2.46. The molecule has 1 saturated carbocycles. The fraction of sp³-hybridized carbons (Fsp3) is 0.857. The van der Waals surface area contributed by atoms with Crippen molar-refractivity contribution < 1.29 is 14.7 Å². The average molecular weight is 270 g/mol. The van der Waals surface area contributed by atoms with Crippen LogP contribution in [0.5, 0.6) is 0 Å². The van der Waals surface area contributed by atoms with Crippen molar-refractivity contribution >= 4 is 12.0 Å². The summed E-state index contributed by atoms with van der Waals surface area (Å²) in [4.78, 5) is 24.1. The number of carbonyl (C=O) groups excluding carboxylic acids is 1. The molecule has 0 aromatic heterocycles. The number of urea groups is 1. The van der Waals surface area contributed by atoms with Gasteiger partial charge in [-0.05, 0) is 25.2 Å². The van der Waals surface area contributed by atoms with E-state index in [4.69, 9.17) is 5.11 Å². The maximum Gasteiger partial charge on any atom is 0.317 e. The van der Waals surface area contributed by atoms with Crippen LogP contribution in [0.3, 0.4) is 0 Å². The highest BCUT2D eigenvalue weighted by Gasteiger charge is 2.27. The van der Waals surface area contributed by atoms with Crippen molar-refractivity contribution in [3.8, 4) is 0 Å². The fourth-order valence-corrected chi connectivity index (χ4v) is 2.62. The van der Waals surface area contributed by atoms with E-state index in [0.29, 0.717) is 13.1 Å². The second-order valence-corrected chi connectivity index (χ2v) is 5.75. The normalized spacial score (nSPS) is 17.8. The van der Waals surface area contributed by atoms with Crippen molar-refractivity contribution in [1.82, 2.24) is 10.2 Å². The minimum atomic E-state index is -0.870. The topological polar surface area (TPSA) is 69.6 Å². The molecule has 0 radical (unpaired) electrons. The Morgan fingerprint density at radius 3 is 2.42 bits per heavy atom.